The molecule has 0 bridgehead atoms. The summed E-state index contributed by atoms with van der Waals surface area (Å²) in [4.78, 5) is 26.7. The lowest BCUT2D eigenvalue weighted by Gasteiger charge is -2.13. The molecule has 1 aromatic heterocycles. The molecule has 0 aliphatic heterocycles. The molecule has 0 aliphatic rings. The first kappa shape index (κ1) is 16.0. The predicted octanol–water partition coefficient (Wildman–Crippen LogP) is 5.07. The molecule has 106 valence electrons. The summed E-state index contributed by atoms with van der Waals surface area (Å²) in [6, 6.07) is 0. The number of benzene rings is 1. The molecule has 0 unspecified atom stereocenters. The number of aromatic nitrogens is 1. The molecule has 0 radical (unpaired) electrons. The highest BCUT2D eigenvalue weighted by atomic mass is 35.5. The fourth-order valence-corrected chi connectivity index (χ4v) is 3.79. The topological polar surface area (TPSA) is 49.9 Å². The van der Waals surface area contributed by atoms with Crippen LogP contribution in [0.4, 0.5) is 0 Å². The lowest BCUT2D eigenvalue weighted by molar-refractivity contribution is 0.101. The van der Waals surface area contributed by atoms with Gasteiger partial charge >= 0.3 is 0 Å². The largest absolute Gasteiger partial charge is 0.320 e. The molecular formula is C12H7Cl4NO2S. The second kappa shape index (κ2) is 5.78. The van der Waals surface area contributed by atoms with Crippen LogP contribution in [0.25, 0.3) is 10.9 Å². The number of rotatable bonds is 2. The maximum atomic E-state index is 12.0. The van der Waals surface area contributed by atoms with Crippen LogP contribution in [0.2, 0.25) is 20.1 Å². The fraction of sp³-hybridized carbons (Fsp3) is 0.167. The molecule has 2 aromatic rings. The quantitative estimate of drug-likeness (QED) is 0.347. The van der Waals surface area contributed by atoms with Crippen molar-refractivity contribution < 1.29 is 4.79 Å². The van der Waals surface area contributed by atoms with Gasteiger partial charge in [-0.25, -0.2) is 0 Å². The van der Waals surface area contributed by atoms with E-state index in [1.807, 2.05) is 0 Å². The number of aromatic amines is 1. The van der Waals surface area contributed by atoms with Gasteiger partial charge in [-0.15, -0.1) is 11.8 Å². The van der Waals surface area contributed by atoms with Crippen molar-refractivity contribution >= 4 is 74.9 Å². The smallest absolute Gasteiger partial charge is 0.260 e. The Morgan fingerprint density at radius 3 is 2.10 bits per heavy atom. The molecule has 0 saturated carbocycles. The van der Waals surface area contributed by atoms with E-state index < -0.39 is 5.56 Å². The van der Waals surface area contributed by atoms with Crippen LogP contribution in [-0.4, -0.2) is 17.0 Å². The van der Waals surface area contributed by atoms with Gasteiger partial charge in [0.2, 0.25) is 0 Å². The lowest BCUT2D eigenvalue weighted by Crippen LogP contribution is -2.18. The normalized spacial score (nSPS) is 11.1. The first-order chi connectivity index (χ1) is 9.31. The monoisotopic (exact) mass is 369 g/mol. The van der Waals surface area contributed by atoms with Gasteiger partial charge in [-0.3, -0.25) is 9.59 Å². The molecule has 2 rings (SSSR count). The van der Waals surface area contributed by atoms with Gasteiger partial charge in [-0.1, -0.05) is 46.4 Å². The summed E-state index contributed by atoms with van der Waals surface area (Å²) in [7, 11) is 0. The highest BCUT2D eigenvalue weighted by Gasteiger charge is 2.23. The van der Waals surface area contributed by atoms with E-state index in [1.54, 1.807) is 6.26 Å². The number of pyridine rings is 1. The van der Waals surface area contributed by atoms with E-state index in [9.17, 15) is 9.59 Å². The van der Waals surface area contributed by atoms with Gasteiger partial charge in [-0.2, -0.15) is 0 Å². The van der Waals surface area contributed by atoms with Crippen molar-refractivity contribution in [3.05, 3.63) is 36.0 Å². The summed E-state index contributed by atoms with van der Waals surface area (Å²) in [5.74, 6) is -0.365. The highest BCUT2D eigenvalue weighted by Crippen LogP contribution is 2.45. The first-order valence-corrected chi connectivity index (χ1v) is 8.01. The number of thioether (sulfide) groups is 1. The Kier molecular flexibility index (Phi) is 4.62. The Hall–Kier alpha value is -0.390. The van der Waals surface area contributed by atoms with Gasteiger partial charge < -0.3 is 4.98 Å². The molecule has 1 heterocycles. The number of halogens is 4. The van der Waals surface area contributed by atoms with Crippen LogP contribution >= 0.6 is 58.2 Å². The molecule has 20 heavy (non-hydrogen) atoms. The number of nitrogens with one attached hydrogen (secondary N) is 1. The lowest BCUT2D eigenvalue weighted by atomic mass is 10.1. The fourth-order valence-electron chi connectivity index (χ4n) is 1.89. The summed E-state index contributed by atoms with van der Waals surface area (Å²) in [5, 5.41) is 0.813. The SMILES string of the molecule is CSc1c(C(C)=O)c(=O)[nH]c2c(Cl)c(Cl)c(Cl)c(Cl)c12. The van der Waals surface area contributed by atoms with E-state index in [4.69, 9.17) is 46.4 Å². The van der Waals surface area contributed by atoms with Gasteiger partial charge in [0.05, 0.1) is 31.2 Å². The molecule has 3 nitrogen and oxygen atoms in total. The van der Waals surface area contributed by atoms with Crippen LogP contribution in [-0.2, 0) is 0 Å². The molecule has 0 aliphatic carbocycles. The Morgan fingerprint density at radius 2 is 1.60 bits per heavy atom. The van der Waals surface area contributed by atoms with Gasteiger partial charge in [0.15, 0.2) is 5.78 Å². The van der Waals surface area contributed by atoms with Crippen LogP contribution in [0.5, 0.6) is 0 Å². The van der Waals surface area contributed by atoms with Crippen molar-refractivity contribution in [2.45, 2.75) is 11.8 Å². The number of carbonyl (C=O) groups excluding carboxylic acids is 1. The number of fused-ring (bicyclic) bond motifs is 1. The zero-order valence-electron chi connectivity index (χ0n) is 10.2. The minimum Gasteiger partial charge on any atom is -0.320 e. The van der Waals surface area contributed by atoms with Crippen molar-refractivity contribution in [2.75, 3.05) is 6.26 Å². The average Bonchev–Trinajstić information content (AvgIpc) is 2.40. The number of ketones is 1. The van der Waals surface area contributed by atoms with E-state index >= 15 is 0 Å². The summed E-state index contributed by atoms with van der Waals surface area (Å²) in [6.07, 6.45) is 1.73. The van der Waals surface area contributed by atoms with Crippen molar-refractivity contribution in [1.82, 2.24) is 4.98 Å². The number of hydrogen-bond donors (Lipinski definition) is 1. The number of carbonyl (C=O) groups is 1. The molecule has 0 saturated heterocycles. The minimum atomic E-state index is -0.536. The van der Waals surface area contributed by atoms with Gasteiger partial charge in [0.1, 0.15) is 0 Å². The zero-order valence-corrected chi connectivity index (χ0v) is 14.1. The summed E-state index contributed by atoms with van der Waals surface area (Å²) in [5.41, 5.74) is -0.238. The van der Waals surface area contributed by atoms with Crippen molar-refractivity contribution in [2.24, 2.45) is 0 Å². The van der Waals surface area contributed by atoms with Gasteiger partial charge in [-0.05, 0) is 13.2 Å². The minimum absolute atomic E-state index is 0.0290. The standard InChI is InChI=1S/C12H7Cl4NO2S/c1-3(18)4-11(20-2)5-6(13)7(14)8(15)9(16)10(5)17-12(4)19/h1-2H3,(H,17,19). The summed E-state index contributed by atoms with van der Waals surface area (Å²) in [6.45, 7) is 1.31. The molecule has 8 heteroatoms. The predicted molar refractivity (Wildman–Crippen MR) is 86.4 cm³/mol. The van der Waals surface area contributed by atoms with Gasteiger partial charge in [0.25, 0.3) is 5.56 Å². The molecule has 0 fully saturated rings. The molecule has 0 amide bonds. The van der Waals surface area contributed by atoms with E-state index in [0.717, 1.165) is 0 Å². The van der Waals surface area contributed by atoms with E-state index in [1.165, 1.54) is 18.7 Å². The first-order valence-electron chi connectivity index (χ1n) is 5.28. The third kappa shape index (κ3) is 2.34. The van der Waals surface area contributed by atoms with Crippen molar-refractivity contribution in [3.8, 4) is 0 Å². The summed E-state index contributed by atoms with van der Waals surface area (Å²) < 4.78 is 0. The highest BCUT2D eigenvalue weighted by molar-refractivity contribution is 7.99. The number of hydrogen-bond acceptors (Lipinski definition) is 3. The summed E-state index contributed by atoms with van der Waals surface area (Å²) >= 11 is 25.5. The van der Waals surface area contributed by atoms with Crippen LogP contribution < -0.4 is 5.56 Å². The molecule has 1 aromatic carbocycles. The third-order valence-electron chi connectivity index (χ3n) is 2.74. The molecular weight excluding hydrogens is 364 g/mol. The molecule has 0 atom stereocenters. The average molecular weight is 371 g/mol. The maximum absolute atomic E-state index is 12.0. The number of Topliss-reactive ketones (excluding diaryl/α,β-unsaturated/α-hetero) is 1. The van der Waals surface area contributed by atoms with E-state index in [-0.39, 0.29) is 37.0 Å². The Labute approximate surface area is 138 Å². The van der Waals surface area contributed by atoms with Crippen LogP contribution in [0.3, 0.4) is 0 Å². The Morgan fingerprint density at radius 1 is 1.05 bits per heavy atom. The second-order valence-corrected chi connectivity index (χ2v) is 6.25. The number of H-pyrrole nitrogens is 1. The molecule has 0 spiro atoms. The Bertz CT molecular complexity index is 801. The van der Waals surface area contributed by atoms with Crippen molar-refractivity contribution in [1.29, 1.82) is 0 Å². The maximum Gasteiger partial charge on any atom is 0.260 e. The zero-order chi connectivity index (χ0) is 15.2. The van der Waals surface area contributed by atoms with Gasteiger partial charge in [0, 0.05) is 10.3 Å². The third-order valence-corrected chi connectivity index (χ3v) is 5.36. The second-order valence-electron chi connectivity index (χ2n) is 3.92. The van der Waals surface area contributed by atoms with E-state index in [0.29, 0.717) is 10.3 Å². The van der Waals surface area contributed by atoms with Crippen LogP contribution in [0.1, 0.15) is 17.3 Å². The van der Waals surface area contributed by atoms with E-state index in [2.05, 4.69) is 4.98 Å². The Balaban J connectivity index is 3.17. The van der Waals surface area contributed by atoms with Crippen LogP contribution in [0, 0.1) is 0 Å². The van der Waals surface area contributed by atoms with Crippen molar-refractivity contribution in [3.63, 3.8) is 0 Å². The van der Waals surface area contributed by atoms with Crippen LogP contribution in [0.15, 0.2) is 9.69 Å². The molecule has 1 N–H and O–H groups in total.